The summed E-state index contributed by atoms with van der Waals surface area (Å²) in [5.74, 6) is 0. The maximum Gasteiger partial charge on any atom is 0.0843 e. The average molecular weight is 206 g/mol. The number of allylic oxidation sites excluding steroid dienone is 1. The van der Waals surface area contributed by atoms with Crippen molar-refractivity contribution in [2.24, 2.45) is 0 Å². The first kappa shape index (κ1) is 11.2. The molecule has 0 atom stereocenters. The monoisotopic (exact) mass is 206 g/mol. The topological polar surface area (TPSA) is 20.2 Å². The van der Waals surface area contributed by atoms with Crippen molar-refractivity contribution in [1.29, 1.82) is 0 Å². The lowest BCUT2D eigenvalue weighted by Crippen LogP contribution is -2.40. The second-order valence-corrected chi connectivity index (χ2v) is 8.86. The third kappa shape index (κ3) is 3.12. The number of benzene rings is 1. The van der Waals surface area contributed by atoms with Gasteiger partial charge in [0.2, 0.25) is 0 Å². The lowest BCUT2D eigenvalue weighted by atomic mass is 10.4. The molecule has 0 heterocycles. The molecule has 1 aromatic rings. The van der Waals surface area contributed by atoms with Crippen LogP contribution in [0.4, 0.5) is 0 Å². The standard InChI is InChI=1S/C12H18OSi/c1-14(2,11-7-6-10-13)12-8-4-3-5-9-12/h3-9,13H,10-11H2,1-2H3. The summed E-state index contributed by atoms with van der Waals surface area (Å²) in [4.78, 5) is 0. The number of aliphatic hydroxyl groups is 1. The van der Waals surface area contributed by atoms with Gasteiger partial charge < -0.3 is 5.11 Å². The SMILES string of the molecule is C[Si](C)(CC=CCO)c1ccccc1. The van der Waals surface area contributed by atoms with Crippen LogP contribution in [-0.4, -0.2) is 19.8 Å². The third-order valence-corrected chi connectivity index (χ3v) is 5.61. The van der Waals surface area contributed by atoms with E-state index in [0.29, 0.717) is 0 Å². The minimum atomic E-state index is -1.31. The molecule has 0 aliphatic rings. The largest absolute Gasteiger partial charge is 0.392 e. The highest BCUT2D eigenvalue weighted by molar-refractivity contribution is 6.90. The second-order valence-electron chi connectivity index (χ2n) is 4.11. The van der Waals surface area contributed by atoms with E-state index in [-0.39, 0.29) is 6.61 Å². The molecule has 76 valence electrons. The molecule has 0 saturated heterocycles. The summed E-state index contributed by atoms with van der Waals surface area (Å²) in [6.07, 6.45) is 3.93. The summed E-state index contributed by atoms with van der Waals surface area (Å²) in [6.45, 7) is 4.85. The fraction of sp³-hybridized carbons (Fsp3) is 0.333. The summed E-state index contributed by atoms with van der Waals surface area (Å²) in [7, 11) is -1.31. The van der Waals surface area contributed by atoms with Gasteiger partial charge in [0.15, 0.2) is 0 Å². The van der Waals surface area contributed by atoms with E-state index < -0.39 is 8.07 Å². The molecule has 2 heteroatoms. The van der Waals surface area contributed by atoms with Crippen LogP contribution in [0.2, 0.25) is 19.1 Å². The van der Waals surface area contributed by atoms with Crippen LogP contribution in [0, 0.1) is 0 Å². The van der Waals surface area contributed by atoms with E-state index in [0.717, 1.165) is 6.04 Å². The molecule has 0 bridgehead atoms. The third-order valence-electron chi connectivity index (χ3n) is 2.46. The van der Waals surface area contributed by atoms with Gasteiger partial charge in [0.25, 0.3) is 0 Å². The zero-order valence-corrected chi connectivity index (χ0v) is 9.90. The van der Waals surface area contributed by atoms with Gasteiger partial charge in [-0.25, -0.2) is 0 Å². The Morgan fingerprint density at radius 1 is 1.14 bits per heavy atom. The van der Waals surface area contributed by atoms with Crippen LogP contribution < -0.4 is 5.19 Å². The molecule has 0 radical (unpaired) electrons. The molecule has 1 N–H and O–H groups in total. The summed E-state index contributed by atoms with van der Waals surface area (Å²) in [5, 5.41) is 10.1. The molecular weight excluding hydrogens is 188 g/mol. The molecule has 0 amide bonds. The first-order chi connectivity index (χ1) is 6.67. The van der Waals surface area contributed by atoms with Gasteiger partial charge in [-0.2, -0.15) is 0 Å². The van der Waals surface area contributed by atoms with Gasteiger partial charge in [-0.3, -0.25) is 0 Å². The van der Waals surface area contributed by atoms with Gasteiger partial charge >= 0.3 is 0 Å². The number of aliphatic hydroxyl groups excluding tert-OH is 1. The quantitative estimate of drug-likeness (QED) is 0.591. The minimum Gasteiger partial charge on any atom is -0.392 e. The van der Waals surface area contributed by atoms with Crippen LogP contribution in [0.15, 0.2) is 42.5 Å². The molecule has 1 nitrogen and oxygen atoms in total. The predicted molar refractivity (Wildman–Crippen MR) is 64.6 cm³/mol. The van der Waals surface area contributed by atoms with Crippen molar-refractivity contribution >= 4 is 13.3 Å². The Bertz CT molecular complexity index is 290. The zero-order chi connectivity index (χ0) is 10.4. The molecular formula is C12H18OSi. The predicted octanol–water partition coefficient (Wildman–Crippen LogP) is 2.15. The van der Waals surface area contributed by atoms with Gasteiger partial charge in [0.1, 0.15) is 0 Å². The normalized spacial score (nSPS) is 12.2. The van der Waals surface area contributed by atoms with Gasteiger partial charge in [-0.15, -0.1) is 0 Å². The lowest BCUT2D eigenvalue weighted by Gasteiger charge is -2.20. The number of hydrogen-bond donors (Lipinski definition) is 1. The molecule has 0 aliphatic heterocycles. The Morgan fingerprint density at radius 3 is 2.36 bits per heavy atom. The molecule has 0 saturated carbocycles. The minimum absolute atomic E-state index is 0.152. The Morgan fingerprint density at radius 2 is 1.79 bits per heavy atom. The summed E-state index contributed by atoms with van der Waals surface area (Å²) < 4.78 is 0. The van der Waals surface area contributed by atoms with Crippen molar-refractivity contribution in [2.75, 3.05) is 6.61 Å². The average Bonchev–Trinajstić information content (AvgIpc) is 2.19. The van der Waals surface area contributed by atoms with Gasteiger partial charge in [-0.1, -0.05) is 60.8 Å². The number of rotatable bonds is 4. The molecule has 0 spiro atoms. The van der Waals surface area contributed by atoms with E-state index in [1.165, 1.54) is 5.19 Å². The first-order valence-corrected chi connectivity index (χ1v) is 8.19. The van der Waals surface area contributed by atoms with E-state index in [1.54, 1.807) is 0 Å². The maximum absolute atomic E-state index is 8.66. The molecule has 14 heavy (non-hydrogen) atoms. The summed E-state index contributed by atoms with van der Waals surface area (Å²) >= 11 is 0. The Kier molecular flexibility index (Phi) is 4.11. The summed E-state index contributed by atoms with van der Waals surface area (Å²) in [5.41, 5.74) is 0. The van der Waals surface area contributed by atoms with E-state index >= 15 is 0 Å². The van der Waals surface area contributed by atoms with E-state index in [9.17, 15) is 0 Å². The molecule has 0 aromatic heterocycles. The van der Waals surface area contributed by atoms with Crippen molar-refractivity contribution in [3.05, 3.63) is 42.5 Å². The molecule has 0 fully saturated rings. The van der Waals surface area contributed by atoms with E-state index in [2.05, 4.69) is 49.5 Å². The van der Waals surface area contributed by atoms with Crippen molar-refractivity contribution in [3.63, 3.8) is 0 Å². The zero-order valence-electron chi connectivity index (χ0n) is 8.90. The Balaban J connectivity index is 2.70. The van der Waals surface area contributed by atoms with Gasteiger partial charge in [-0.05, 0) is 6.04 Å². The molecule has 0 unspecified atom stereocenters. The van der Waals surface area contributed by atoms with Crippen LogP contribution in [0.25, 0.3) is 0 Å². The van der Waals surface area contributed by atoms with Crippen LogP contribution in [0.1, 0.15) is 0 Å². The smallest absolute Gasteiger partial charge is 0.0843 e. The Labute approximate surface area is 87.1 Å². The highest BCUT2D eigenvalue weighted by Crippen LogP contribution is 2.10. The van der Waals surface area contributed by atoms with Crippen molar-refractivity contribution in [1.82, 2.24) is 0 Å². The van der Waals surface area contributed by atoms with Crippen molar-refractivity contribution in [3.8, 4) is 0 Å². The highest BCUT2D eigenvalue weighted by Gasteiger charge is 2.20. The fourth-order valence-corrected chi connectivity index (χ4v) is 3.55. The van der Waals surface area contributed by atoms with E-state index in [4.69, 9.17) is 5.11 Å². The second kappa shape index (κ2) is 5.13. The van der Waals surface area contributed by atoms with Gasteiger partial charge in [0.05, 0.1) is 14.7 Å². The molecule has 1 rings (SSSR count). The van der Waals surface area contributed by atoms with Gasteiger partial charge in [0, 0.05) is 0 Å². The Hall–Kier alpha value is -0.863. The highest BCUT2D eigenvalue weighted by atomic mass is 28.3. The van der Waals surface area contributed by atoms with Crippen LogP contribution in [0.5, 0.6) is 0 Å². The maximum atomic E-state index is 8.66. The van der Waals surface area contributed by atoms with Crippen molar-refractivity contribution < 1.29 is 5.11 Å². The van der Waals surface area contributed by atoms with Crippen LogP contribution >= 0.6 is 0 Å². The molecule has 0 aliphatic carbocycles. The number of hydrogen-bond acceptors (Lipinski definition) is 1. The summed E-state index contributed by atoms with van der Waals surface area (Å²) in [6, 6.07) is 11.8. The van der Waals surface area contributed by atoms with Crippen LogP contribution in [-0.2, 0) is 0 Å². The van der Waals surface area contributed by atoms with Crippen molar-refractivity contribution in [2.45, 2.75) is 19.1 Å². The van der Waals surface area contributed by atoms with E-state index in [1.807, 2.05) is 6.08 Å². The van der Waals surface area contributed by atoms with Crippen LogP contribution in [0.3, 0.4) is 0 Å². The first-order valence-electron chi connectivity index (χ1n) is 4.98. The molecule has 1 aromatic carbocycles. The fourth-order valence-electron chi connectivity index (χ4n) is 1.46. The lowest BCUT2D eigenvalue weighted by molar-refractivity contribution is 0.342.